The maximum Gasteiger partial charge on any atom is 0.165 e. The summed E-state index contributed by atoms with van der Waals surface area (Å²) in [7, 11) is -2.54. The fourth-order valence-electron chi connectivity index (χ4n) is 5.70. The van der Waals surface area contributed by atoms with Crippen molar-refractivity contribution in [2.24, 2.45) is 0 Å². The van der Waals surface area contributed by atoms with Crippen LogP contribution in [0.4, 0.5) is 10.2 Å². The zero-order valence-electron chi connectivity index (χ0n) is 28.6. The van der Waals surface area contributed by atoms with Crippen molar-refractivity contribution in [2.45, 2.75) is 96.4 Å². The molecule has 5 rings (SSSR count). The number of nitrogens with two attached hydrogens (primary N) is 1. The molecule has 4 aromatic rings. The van der Waals surface area contributed by atoms with Crippen molar-refractivity contribution in [1.29, 1.82) is 0 Å². The number of hydrogen-bond acceptors (Lipinski definition) is 8. The average Bonchev–Trinajstić information content (AvgIpc) is 3.36. The standard InChI is InChI=1S/C34H51FN6O3Si2/c1-23(38-27-10-12-42-13-11-27)32-28(21-43-14-16-45(2,3)4)33(36)41-34(39-32)31(30(40-41)22-44-15-17-46(5,6)7)25-18-24-19-26(35)8-9-29(24)37-20-25/h8-9,18-20,23,27,38H,10-17,21-22,36H2,1-7H3. The van der Waals surface area contributed by atoms with Gasteiger partial charge < -0.3 is 25.3 Å². The van der Waals surface area contributed by atoms with E-state index in [0.717, 1.165) is 71.7 Å². The van der Waals surface area contributed by atoms with E-state index in [0.29, 0.717) is 49.3 Å². The molecule has 0 bridgehead atoms. The van der Waals surface area contributed by atoms with E-state index in [-0.39, 0.29) is 11.9 Å². The van der Waals surface area contributed by atoms with Crippen LogP contribution in [0.1, 0.15) is 42.8 Å². The van der Waals surface area contributed by atoms with Crippen molar-refractivity contribution in [2.75, 3.05) is 32.2 Å². The summed E-state index contributed by atoms with van der Waals surface area (Å²) in [6.07, 6.45) is 3.69. The molecule has 250 valence electrons. The summed E-state index contributed by atoms with van der Waals surface area (Å²) in [6.45, 7) is 19.6. The second-order valence-electron chi connectivity index (χ2n) is 15.0. The third-order valence-electron chi connectivity index (χ3n) is 8.53. The number of halogens is 1. The van der Waals surface area contributed by atoms with Gasteiger partial charge in [0, 0.05) is 77.4 Å². The summed E-state index contributed by atoms with van der Waals surface area (Å²) in [6, 6.07) is 8.91. The quantitative estimate of drug-likeness (QED) is 0.107. The molecule has 0 spiro atoms. The number of nitrogens with zero attached hydrogens (tertiary/aromatic N) is 4. The first kappa shape index (κ1) is 34.6. The summed E-state index contributed by atoms with van der Waals surface area (Å²) in [4.78, 5) is 9.96. The molecule has 0 aliphatic carbocycles. The molecule has 0 saturated carbocycles. The first-order valence-electron chi connectivity index (χ1n) is 16.5. The van der Waals surface area contributed by atoms with E-state index in [1.54, 1.807) is 16.8 Å². The van der Waals surface area contributed by atoms with Gasteiger partial charge in [0.05, 0.1) is 35.7 Å². The van der Waals surface area contributed by atoms with Gasteiger partial charge in [-0.15, -0.1) is 0 Å². The van der Waals surface area contributed by atoms with E-state index >= 15 is 0 Å². The minimum Gasteiger partial charge on any atom is -0.383 e. The number of hydrogen-bond donors (Lipinski definition) is 2. The highest BCUT2D eigenvalue weighted by atomic mass is 28.3. The Morgan fingerprint density at radius 1 is 1.02 bits per heavy atom. The summed E-state index contributed by atoms with van der Waals surface area (Å²) < 4.78 is 34.1. The molecule has 1 aromatic carbocycles. The van der Waals surface area contributed by atoms with Gasteiger partial charge in [0.2, 0.25) is 0 Å². The monoisotopic (exact) mass is 666 g/mol. The topological polar surface area (TPSA) is 109 Å². The fraction of sp³-hybridized carbons (Fsp3) is 0.559. The number of benzene rings is 1. The number of aromatic nitrogens is 4. The van der Waals surface area contributed by atoms with Crippen LogP contribution >= 0.6 is 0 Å². The van der Waals surface area contributed by atoms with Crippen LogP contribution in [0.2, 0.25) is 51.4 Å². The summed E-state index contributed by atoms with van der Waals surface area (Å²) in [5.41, 5.74) is 12.3. The Bertz CT molecular complexity index is 1650. The van der Waals surface area contributed by atoms with Crippen LogP contribution < -0.4 is 11.1 Å². The van der Waals surface area contributed by atoms with Gasteiger partial charge in [-0.1, -0.05) is 39.3 Å². The van der Waals surface area contributed by atoms with Crippen LogP contribution in [-0.2, 0) is 27.4 Å². The molecule has 1 aliphatic rings. The second kappa shape index (κ2) is 14.6. The number of nitrogens with one attached hydrogen (secondary N) is 1. The first-order chi connectivity index (χ1) is 21.8. The van der Waals surface area contributed by atoms with Gasteiger partial charge in [-0.25, -0.2) is 9.37 Å². The minimum atomic E-state index is -1.28. The van der Waals surface area contributed by atoms with E-state index in [1.165, 1.54) is 12.1 Å². The number of nitrogen functional groups attached to an aromatic ring is 1. The molecule has 1 saturated heterocycles. The van der Waals surface area contributed by atoms with Crippen LogP contribution in [0.25, 0.3) is 27.7 Å². The molecule has 4 heterocycles. The minimum absolute atomic E-state index is 0.0889. The molecule has 3 aromatic heterocycles. The second-order valence-corrected chi connectivity index (χ2v) is 26.2. The van der Waals surface area contributed by atoms with Gasteiger partial charge in [-0.3, -0.25) is 4.98 Å². The molecule has 0 amide bonds. The first-order valence-corrected chi connectivity index (χ1v) is 24.0. The average molecular weight is 667 g/mol. The van der Waals surface area contributed by atoms with Crippen LogP contribution in [0.3, 0.4) is 0 Å². The van der Waals surface area contributed by atoms with Gasteiger partial charge in [0.1, 0.15) is 11.6 Å². The lowest BCUT2D eigenvalue weighted by molar-refractivity contribution is 0.0751. The van der Waals surface area contributed by atoms with Gasteiger partial charge in [0.25, 0.3) is 0 Å². The lowest BCUT2D eigenvalue weighted by Gasteiger charge is -2.28. The zero-order chi connectivity index (χ0) is 33.1. The highest BCUT2D eigenvalue weighted by molar-refractivity contribution is 6.76. The van der Waals surface area contributed by atoms with Crippen LogP contribution in [0, 0.1) is 5.82 Å². The van der Waals surface area contributed by atoms with Gasteiger partial charge in [-0.05, 0) is 56.1 Å². The molecule has 1 fully saturated rings. The Kier molecular flexibility index (Phi) is 11.0. The van der Waals surface area contributed by atoms with Crippen molar-refractivity contribution < 1.29 is 18.6 Å². The van der Waals surface area contributed by atoms with E-state index in [9.17, 15) is 4.39 Å². The highest BCUT2D eigenvalue weighted by Gasteiger charge is 2.27. The molecular weight excluding hydrogens is 616 g/mol. The number of fused-ring (bicyclic) bond motifs is 2. The molecule has 12 heteroatoms. The lowest BCUT2D eigenvalue weighted by Crippen LogP contribution is -2.37. The Balaban J connectivity index is 1.60. The highest BCUT2D eigenvalue weighted by Crippen LogP contribution is 2.34. The van der Waals surface area contributed by atoms with Gasteiger partial charge >= 0.3 is 0 Å². The maximum absolute atomic E-state index is 14.3. The fourth-order valence-corrected chi connectivity index (χ4v) is 7.22. The normalized spacial score (nSPS) is 15.7. The molecular formula is C34H51FN6O3Si2. The molecule has 1 atom stereocenters. The Morgan fingerprint density at radius 3 is 2.37 bits per heavy atom. The van der Waals surface area contributed by atoms with E-state index in [1.807, 2.05) is 6.07 Å². The van der Waals surface area contributed by atoms with Gasteiger partial charge in [-0.2, -0.15) is 9.61 Å². The van der Waals surface area contributed by atoms with Crippen LogP contribution in [0.5, 0.6) is 0 Å². The van der Waals surface area contributed by atoms with Crippen molar-refractivity contribution in [3.05, 3.63) is 53.2 Å². The number of anilines is 1. The molecule has 3 N–H and O–H groups in total. The SMILES string of the molecule is CC(NC1CCOCC1)c1nc2c(-c3cnc4ccc(F)cc4c3)c(COCC[Si](C)(C)C)nn2c(N)c1COCC[Si](C)(C)C. The molecule has 1 aliphatic heterocycles. The largest absolute Gasteiger partial charge is 0.383 e. The molecule has 1 unspecified atom stereocenters. The van der Waals surface area contributed by atoms with Crippen LogP contribution in [0.15, 0.2) is 30.5 Å². The molecule has 46 heavy (non-hydrogen) atoms. The third-order valence-corrected chi connectivity index (χ3v) is 11.9. The zero-order valence-corrected chi connectivity index (χ0v) is 30.6. The summed E-state index contributed by atoms with van der Waals surface area (Å²) >= 11 is 0. The van der Waals surface area contributed by atoms with Crippen molar-refractivity contribution in [1.82, 2.24) is 24.9 Å². The van der Waals surface area contributed by atoms with E-state index < -0.39 is 16.1 Å². The van der Waals surface area contributed by atoms with Crippen molar-refractivity contribution in [3.63, 3.8) is 0 Å². The Labute approximate surface area is 274 Å². The number of pyridine rings is 1. The summed E-state index contributed by atoms with van der Waals surface area (Å²) in [5.74, 6) is 0.195. The predicted octanol–water partition coefficient (Wildman–Crippen LogP) is 7.21. The van der Waals surface area contributed by atoms with Crippen LogP contribution in [-0.4, -0.2) is 68.2 Å². The molecule has 9 nitrogen and oxygen atoms in total. The van der Waals surface area contributed by atoms with E-state index in [4.69, 9.17) is 30.0 Å². The third kappa shape index (κ3) is 8.78. The Hall–Kier alpha value is -2.75. The smallest absolute Gasteiger partial charge is 0.165 e. The maximum atomic E-state index is 14.3. The van der Waals surface area contributed by atoms with Crippen molar-refractivity contribution >= 4 is 38.5 Å². The molecule has 0 radical (unpaired) electrons. The van der Waals surface area contributed by atoms with E-state index in [2.05, 4.69) is 56.5 Å². The number of rotatable bonds is 14. The predicted molar refractivity (Wildman–Crippen MR) is 189 cm³/mol. The Morgan fingerprint density at radius 2 is 1.70 bits per heavy atom. The lowest BCUT2D eigenvalue weighted by atomic mass is 10.0. The van der Waals surface area contributed by atoms with Gasteiger partial charge in [0.15, 0.2) is 5.65 Å². The van der Waals surface area contributed by atoms with Crippen molar-refractivity contribution in [3.8, 4) is 11.1 Å². The number of ether oxygens (including phenoxy) is 3. The summed E-state index contributed by atoms with van der Waals surface area (Å²) in [5, 5.41) is 9.48.